The van der Waals surface area contributed by atoms with E-state index in [-0.39, 0.29) is 0 Å². The smallest absolute Gasteiger partial charge is 0.225 e. The number of hydrogen-bond donors (Lipinski definition) is 1. The van der Waals surface area contributed by atoms with Gasteiger partial charge in [-0.2, -0.15) is 5.10 Å². The number of para-hydroxylation sites is 2. The maximum atomic E-state index is 4.64. The summed E-state index contributed by atoms with van der Waals surface area (Å²) in [5, 5.41) is 4.28. The Kier molecular flexibility index (Phi) is 4.19. The van der Waals surface area contributed by atoms with Crippen LogP contribution < -0.4 is 5.43 Å². The highest BCUT2D eigenvalue weighted by atomic mass is 15.4. The summed E-state index contributed by atoms with van der Waals surface area (Å²) in [6.45, 7) is 4.96. The van der Waals surface area contributed by atoms with Gasteiger partial charge in [-0.05, 0) is 23.6 Å². The molecule has 0 radical (unpaired) electrons. The van der Waals surface area contributed by atoms with Crippen molar-refractivity contribution >= 4 is 23.2 Å². The van der Waals surface area contributed by atoms with Crippen molar-refractivity contribution < 1.29 is 0 Å². The van der Waals surface area contributed by atoms with Gasteiger partial charge in [0.15, 0.2) is 0 Å². The molecule has 3 aromatic rings. The number of rotatable bonds is 5. The third-order valence-electron chi connectivity index (χ3n) is 3.38. The standard InChI is InChI=1S/C18H20N4/c1-14(2)12-19-21-18-20-16-10-6-7-11-17(16)22(18)13-15-8-4-3-5-9-15/h3-12,14H,13H2,1-2H3,(H,20,21)/b19-12+. The van der Waals surface area contributed by atoms with Crippen LogP contribution in [0.3, 0.4) is 0 Å². The molecule has 0 unspecified atom stereocenters. The summed E-state index contributed by atoms with van der Waals surface area (Å²) >= 11 is 0. The lowest BCUT2D eigenvalue weighted by Gasteiger charge is -2.08. The molecule has 112 valence electrons. The molecule has 4 nitrogen and oxygen atoms in total. The highest BCUT2D eigenvalue weighted by Crippen LogP contribution is 2.21. The predicted molar refractivity (Wildman–Crippen MR) is 92.2 cm³/mol. The Morgan fingerprint density at radius 2 is 1.82 bits per heavy atom. The topological polar surface area (TPSA) is 42.2 Å². The van der Waals surface area contributed by atoms with Crippen LogP contribution in [0.5, 0.6) is 0 Å². The Hall–Kier alpha value is -2.62. The molecule has 0 bridgehead atoms. The average Bonchev–Trinajstić information content (AvgIpc) is 2.86. The van der Waals surface area contributed by atoms with E-state index in [1.165, 1.54) is 5.56 Å². The summed E-state index contributed by atoms with van der Waals surface area (Å²) in [6.07, 6.45) is 1.88. The molecule has 0 saturated carbocycles. The van der Waals surface area contributed by atoms with Gasteiger partial charge in [0.2, 0.25) is 5.95 Å². The van der Waals surface area contributed by atoms with E-state index in [0.29, 0.717) is 5.92 Å². The molecule has 0 saturated heterocycles. The second-order valence-electron chi connectivity index (χ2n) is 5.63. The number of aromatic nitrogens is 2. The van der Waals surface area contributed by atoms with Crippen LogP contribution in [0.2, 0.25) is 0 Å². The monoisotopic (exact) mass is 292 g/mol. The van der Waals surface area contributed by atoms with Crippen LogP contribution in [0.25, 0.3) is 11.0 Å². The lowest BCUT2D eigenvalue weighted by Crippen LogP contribution is -2.05. The van der Waals surface area contributed by atoms with Crippen LogP contribution in [0.4, 0.5) is 5.95 Å². The van der Waals surface area contributed by atoms with E-state index < -0.39 is 0 Å². The quantitative estimate of drug-likeness (QED) is 0.567. The number of fused-ring (bicyclic) bond motifs is 1. The van der Waals surface area contributed by atoms with E-state index in [0.717, 1.165) is 23.5 Å². The van der Waals surface area contributed by atoms with Gasteiger partial charge in [-0.25, -0.2) is 10.4 Å². The van der Waals surface area contributed by atoms with E-state index in [2.05, 4.69) is 64.3 Å². The first-order chi connectivity index (χ1) is 10.7. The molecule has 2 aromatic carbocycles. The van der Waals surface area contributed by atoms with Gasteiger partial charge in [-0.3, -0.25) is 0 Å². The number of hydrazone groups is 1. The lowest BCUT2D eigenvalue weighted by atomic mass is 10.2. The number of anilines is 1. The normalized spacial score (nSPS) is 11.6. The van der Waals surface area contributed by atoms with Gasteiger partial charge in [0.25, 0.3) is 0 Å². The minimum Gasteiger partial charge on any atom is -0.304 e. The average molecular weight is 292 g/mol. The largest absolute Gasteiger partial charge is 0.304 e. The fourth-order valence-electron chi connectivity index (χ4n) is 2.33. The van der Waals surface area contributed by atoms with Crippen LogP contribution in [0.15, 0.2) is 59.7 Å². The highest BCUT2D eigenvalue weighted by molar-refractivity contribution is 5.79. The molecule has 0 amide bonds. The van der Waals surface area contributed by atoms with Gasteiger partial charge < -0.3 is 4.57 Å². The zero-order valence-electron chi connectivity index (χ0n) is 12.9. The molecule has 0 spiro atoms. The summed E-state index contributed by atoms with van der Waals surface area (Å²) in [7, 11) is 0. The first-order valence-corrected chi connectivity index (χ1v) is 7.52. The summed E-state index contributed by atoms with van der Waals surface area (Å²) in [5.41, 5.74) is 6.39. The van der Waals surface area contributed by atoms with Gasteiger partial charge in [-0.15, -0.1) is 0 Å². The molecule has 3 rings (SSSR count). The summed E-state index contributed by atoms with van der Waals surface area (Å²) in [5.74, 6) is 1.17. The fourth-order valence-corrected chi connectivity index (χ4v) is 2.33. The van der Waals surface area contributed by atoms with Crippen molar-refractivity contribution in [1.82, 2.24) is 9.55 Å². The van der Waals surface area contributed by atoms with Crippen LogP contribution in [0, 0.1) is 5.92 Å². The van der Waals surface area contributed by atoms with Gasteiger partial charge in [-0.1, -0.05) is 56.3 Å². The van der Waals surface area contributed by atoms with Crippen LogP contribution >= 0.6 is 0 Å². The summed E-state index contributed by atoms with van der Waals surface area (Å²) < 4.78 is 2.16. The van der Waals surface area contributed by atoms with Gasteiger partial charge in [0, 0.05) is 6.21 Å². The lowest BCUT2D eigenvalue weighted by molar-refractivity contribution is 0.825. The second-order valence-corrected chi connectivity index (χ2v) is 5.63. The van der Waals surface area contributed by atoms with Crippen molar-refractivity contribution in [3.63, 3.8) is 0 Å². The van der Waals surface area contributed by atoms with Gasteiger partial charge in [0.05, 0.1) is 17.6 Å². The Bertz CT molecular complexity index is 772. The summed E-state index contributed by atoms with van der Waals surface area (Å²) in [6, 6.07) is 18.5. The van der Waals surface area contributed by atoms with Crippen molar-refractivity contribution in [3.8, 4) is 0 Å². The van der Waals surface area contributed by atoms with Crippen molar-refractivity contribution in [2.45, 2.75) is 20.4 Å². The number of hydrogen-bond acceptors (Lipinski definition) is 3. The van der Waals surface area contributed by atoms with E-state index in [9.17, 15) is 0 Å². The first kappa shape index (κ1) is 14.3. The SMILES string of the molecule is CC(C)/C=N/Nc1nc2ccccc2n1Cc1ccccc1. The molecule has 0 fully saturated rings. The molecule has 0 aliphatic rings. The molecule has 1 aromatic heterocycles. The van der Waals surface area contributed by atoms with E-state index in [1.54, 1.807) is 0 Å². The van der Waals surface area contributed by atoms with Gasteiger partial charge in [0.1, 0.15) is 0 Å². The third kappa shape index (κ3) is 3.17. The van der Waals surface area contributed by atoms with E-state index in [1.807, 2.05) is 30.5 Å². The molecule has 0 atom stereocenters. The number of nitrogens with zero attached hydrogens (tertiary/aromatic N) is 3. The minimum absolute atomic E-state index is 0.402. The van der Waals surface area contributed by atoms with E-state index in [4.69, 9.17) is 0 Å². The van der Waals surface area contributed by atoms with Crippen molar-refractivity contribution in [2.24, 2.45) is 11.0 Å². The number of benzene rings is 2. The van der Waals surface area contributed by atoms with Crippen LogP contribution in [-0.4, -0.2) is 15.8 Å². The molecule has 22 heavy (non-hydrogen) atoms. The molecular formula is C18H20N4. The van der Waals surface area contributed by atoms with Crippen LogP contribution in [-0.2, 0) is 6.54 Å². The third-order valence-corrected chi connectivity index (χ3v) is 3.38. The molecule has 0 aliphatic carbocycles. The van der Waals surface area contributed by atoms with E-state index >= 15 is 0 Å². The number of nitrogens with one attached hydrogen (secondary N) is 1. The Morgan fingerprint density at radius 3 is 2.59 bits per heavy atom. The first-order valence-electron chi connectivity index (χ1n) is 7.52. The minimum atomic E-state index is 0.402. The maximum absolute atomic E-state index is 4.64. The Labute approximate surface area is 130 Å². The van der Waals surface area contributed by atoms with Crippen molar-refractivity contribution in [2.75, 3.05) is 5.43 Å². The van der Waals surface area contributed by atoms with Crippen molar-refractivity contribution in [1.29, 1.82) is 0 Å². The van der Waals surface area contributed by atoms with Gasteiger partial charge >= 0.3 is 0 Å². The molecule has 4 heteroatoms. The highest BCUT2D eigenvalue weighted by Gasteiger charge is 2.10. The molecule has 1 N–H and O–H groups in total. The maximum Gasteiger partial charge on any atom is 0.225 e. The molecular weight excluding hydrogens is 272 g/mol. The zero-order valence-corrected chi connectivity index (χ0v) is 12.9. The summed E-state index contributed by atoms with van der Waals surface area (Å²) in [4.78, 5) is 4.64. The second kappa shape index (κ2) is 6.43. The fraction of sp³-hybridized carbons (Fsp3) is 0.222. The zero-order chi connectivity index (χ0) is 15.4. The Morgan fingerprint density at radius 1 is 1.09 bits per heavy atom. The van der Waals surface area contributed by atoms with Crippen molar-refractivity contribution in [3.05, 3.63) is 60.2 Å². The van der Waals surface area contributed by atoms with Crippen LogP contribution in [0.1, 0.15) is 19.4 Å². The Balaban J connectivity index is 1.97. The number of imidazole rings is 1. The molecule has 1 heterocycles. The predicted octanol–water partition coefficient (Wildman–Crippen LogP) is 4.14. The molecule has 0 aliphatic heterocycles.